The van der Waals surface area contributed by atoms with Gasteiger partial charge in [0, 0.05) is 12.1 Å². The Labute approximate surface area is 94.3 Å². The number of carboxylic acids is 1. The van der Waals surface area contributed by atoms with E-state index < -0.39 is 5.97 Å². The topological polar surface area (TPSA) is 72.5 Å². The fourth-order valence-electron chi connectivity index (χ4n) is 1.39. The maximum absolute atomic E-state index is 10.6. The second-order valence-corrected chi connectivity index (χ2v) is 3.28. The molecule has 0 saturated heterocycles. The normalized spacial score (nSPS) is 10.6. The van der Waals surface area contributed by atoms with Gasteiger partial charge in [0.25, 0.3) is 0 Å². The summed E-state index contributed by atoms with van der Waals surface area (Å²) in [6.07, 6.45) is 3.63. The van der Waals surface area contributed by atoms with E-state index in [1.165, 1.54) is 0 Å². The smallest absolute Gasteiger partial charge is 0.307 e. The van der Waals surface area contributed by atoms with Gasteiger partial charge in [0.1, 0.15) is 5.75 Å². The lowest BCUT2D eigenvalue weighted by molar-refractivity contribution is -0.136. The summed E-state index contributed by atoms with van der Waals surface area (Å²) in [6, 6.07) is 5.29. The van der Waals surface area contributed by atoms with E-state index in [-0.39, 0.29) is 6.42 Å². The Balaban J connectivity index is 3.00. The van der Waals surface area contributed by atoms with Crippen LogP contribution < -0.4 is 10.5 Å². The zero-order valence-corrected chi connectivity index (χ0v) is 9.14. The number of nitrogens with two attached hydrogens (primary N) is 1. The molecule has 4 nitrogen and oxygen atoms in total. The Morgan fingerprint density at radius 2 is 2.31 bits per heavy atom. The second-order valence-electron chi connectivity index (χ2n) is 3.28. The molecule has 0 unspecified atom stereocenters. The lowest BCUT2D eigenvalue weighted by Crippen LogP contribution is -2.00. The van der Waals surface area contributed by atoms with Crippen LogP contribution in [0.25, 0.3) is 6.08 Å². The van der Waals surface area contributed by atoms with Crippen LogP contribution >= 0.6 is 0 Å². The molecule has 0 aliphatic rings. The van der Waals surface area contributed by atoms with Crippen molar-refractivity contribution in [3.63, 3.8) is 0 Å². The minimum atomic E-state index is -0.848. The van der Waals surface area contributed by atoms with Crippen molar-refractivity contribution in [3.05, 3.63) is 35.4 Å². The minimum absolute atomic E-state index is 0.00740. The summed E-state index contributed by atoms with van der Waals surface area (Å²) in [7, 11) is 1.58. The van der Waals surface area contributed by atoms with Crippen LogP contribution in [0.5, 0.6) is 5.75 Å². The molecule has 0 aliphatic carbocycles. The molecule has 0 fully saturated rings. The molecule has 1 rings (SSSR count). The molecule has 3 N–H and O–H groups in total. The lowest BCUT2D eigenvalue weighted by atomic mass is 10.1. The monoisotopic (exact) mass is 221 g/mol. The van der Waals surface area contributed by atoms with E-state index >= 15 is 0 Å². The van der Waals surface area contributed by atoms with E-state index in [4.69, 9.17) is 15.6 Å². The second kappa shape index (κ2) is 5.92. The maximum Gasteiger partial charge on any atom is 0.307 e. The highest BCUT2D eigenvalue weighted by molar-refractivity contribution is 5.71. The van der Waals surface area contributed by atoms with Crippen LogP contribution in [0.2, 0.25) is 0 Å². The average molecular weight is 221 g/mol. The van der Waals surface area contributed by atoms with E-state index in [1.54, 1.807) is 31.4 Å². The largest absolute Gasteiger partial charge is 0.496 e. The SMILES string of the molecule is COc1ccc(CC(=O)O)cc1C=CCN. The van der Waals surface area contributed by atoms with E-state index in [0.717, 1.165) is 11.1 Å². The van der Waals surface area contributed by atoms with Gasteiger partial charge in [-0.2, -0.15) is 0 Å². The van der Waals surface area contributed by atoms with Gasteiger partial charge in [-0.3, -0.25) is 4.79 Å². The van der Waals surface area contributed by atoms with Crippen molar-refractivity contribution in [3.8, 4) is 5.75 Å². The number of hydrogen-bond donors (Lipinski definition) is 2. The number of benzene rings is 1. The Morgan fingerprint density at radius 3 is 2.88 bits per heavy atom. The molecule has 0 heterocycles. The van der Waals surface area contributed by atoms with Crippen LogP contribution in [-0.4, -0.2) is 24.7 Å². The van der Waals surface area contributed by atoms with Crippen LogP contribution in [0.15, 0.2) is 24.3 Å². The van der Waals surface area contributed by atoms with Crippen molar-refractivity contribution in [2.24, 2.45) is 5.73 Å². The van der Waals surface area contributed by atoms with Crippen LogP contribution in [0.3, 0.4) is 0 Å². The molecule has 1 aromatic rings. The Bertz CT molecular complexity index is 399. The van der Waals surface area contributed by atoms with Gasteiger partial charge >= 0.3 is 5.97 Å². The summed E-state index contributed by atoms with van der Waals surface area (Å²) >= 11 is 0. The Hall–Kier alpha value is -1.81. The number of rotatable bonds is 5. The maximum atomic E-state index is 10.6. The molecule has 0 amide bonds. The van der Waals surface area contributed by atoms with Crippen molar-refractivity contribution >= 4 is 12.0 Å². The first-order valence-electron chi connectivity index (χ1n) is 4.92. The molecule has 0 radical (unpaired) electrons. The summed E-state index contributed by atoms with van der Waals surface area (Å²) in [4.78, 5) is 10.6. The summed E-state index contributed by atoms with van der Waals surface area (Å²) in [5.41, 5.74) is 6.95. The van der Waals surface area contributed by atoms with E-state index in [9.17, 15) is 4.79 Å². The highest BCUT2D eigenvalue weighted by Gasteiger charge is 2.04. The quantitative estimate of drug-likeness (QED) is 0.786. The molecule has 16 heavy (non-hydrogen) atoms. The first-order valence-corrected chi connectivity index (χ1v) is 4.92. The predicted octanol–water partition coefficient (Wildman–Crippen LogP) is 1.29. The highest BCUT2D eigenvalue weighted by atomic mass is 16.5. The first kappa shape index (κ1) is 12.3. The van der Waals surface area contributed by atoms with Crippen molar-refractivity contribution in [1.82, 2.24) is 0 Å². The number of hydrogen-bond acceptors (Lipinski definition) is 3. The van der Waals surface area contributed by atoms with E-state index in [2.05, 4.69) is 0 Å². The molecule has 0 spiro atoms. The van der Waals surface area contributed by atoms with Gasteiger partial charge in [-0.15, -0.1) is 0 Å². The number of ether oxygens (including phenoxy) is 1. The first-order chi connectivity index (χ1) is 7.67. The van der Waals surface area contributed by atoms with Gasteiger partial charge in [-0.05, 0) is 17.7 Å². The zero-order chi connectivity index (χ0) is 12.0. The van der Waals surface area contributed by atoms with E-state index in [0.29, 0.717) is 12.3 Å². The van der Waals surface area contributed by atoms with Crippen LogP contribution in [0.4, 0.5) is 0 Å². The third-order valence-electron chi connectivity index (χ3n) is 2.08. The van der Waals surface area contributed by atoms with Crippen molar-refractivity contribution in [2.75, 3.05) is 13.7 Å². The third-order valence-corrected chi connectivity index (χ3v) is 2.08. The average Bonchev–Trinajstić information content (AvgIpc) is 2.25. The fraction of sp³-hybridized carbons (Fsp3) is 0.250. The molecule has 0 aromatic heterocycles. The molecule has 0 bridgehead atoms. The standard InChI is InChI=1S/C12H15NO3/c1-16-11-5-4-9(8-12(14)15)7-10(11)3-2-6-13/h2-5,7H,6,8,13H2,1H3,(H,14,15). The summed E-state index contributed by atoms with van der Waals surface area (Å²) in [6.45, 7) is 0.437. The van der Waals surface area contributed by atoms with Crippen molar-refractivity contribution in [2.45, 2.75) is 6.42 Å². The summed E-state index contributed by atoms with van der Waals surface area (Å²) in [5.74, 6) is -0.141. The predicted molar refractivity (Wildman–Crippen MR) is 62.4 cm³/mol. The lowest BCUT2D eigenvalue weighted by Gasteiger charge is -2.06. The Morgan fingerprint density at radius 1 is 1.56 bits per heavy atom. The minimum Gasteiger partial charge on any atom is -0.496 e. The van der Waals surface area contributed by atoms with Crippen molar-refractivity contribution < 1.29 is 14.6 Å². The summed E-state index contributed by atoms with van der Waals surface area (Å²) in [5, 5.41) is 8.69. The highest BCUT2D eigenvalue weighted by Crippen LogP contribution is 2.21. The summed E-state index contributed by atoms with van der Waals surface area (Å²) < 4.78 is 5.16. The van der Waals surface area contributed by atoms with Gasteiger partial charge in [0.05, 0.1) is 13.5 Å². The number of methoxy groups -OCH3 is 1. The van der Waals surface area contributed by atoms with Crippen molar-refractivity contribution in [1.29, 1.82) is 0 Å². The molecule has 4 heteroatoms. The molecular weight excluding hydrogens is 206 g/mol. The van der Waals surface area contributed by atoms with E-state index in [1.807, 2.05) is 6.08 Å². The van der Waals surface area contributed by atoms with Crippen LogP contribution in [0.1, 0.15) is 11.1 Å². The number of aliphatic carboxylic acids is 1. The van der Waals surface area contributed by atoms with Gasteiger partial charge in [0.15, 0.2) is 0 Å². The van der Waals surface area contributed by atoms with Gasteiger partial charge in [0.2, 0.25) is 0 Å². The molecule has 0 aliphatic heterocycles. The number of carbonyl (C=O) groups is 1. The van der Waals surface area contributed by atoms with Gasteiger partial charge in [-0.1, -0.05) is 18.2 Å². The molecule has 1 aromatic carbocycles. The molecule has 0 atom stereocenters. The molecule has 0 saturated carbocycles. The molecular formula is C12H15NO3. The number of carboxylic acid groups (broad SMARTS) is 1. The van der Waals surface area contributed by atoms with Crippen LogP contribution in [0, 0.1) is 0 Å². The fourth-order valence-corrected chi connectivity index (χ4v) is 1.39. The van der Waals surface area contributed by atoms with Gasteiger partial charge < -0.3 is 15.6 Å². The molecule has 86 valence electrons. The van der Waals surface area contributed by atoms with Crippen LogP contribution in [-0.2, 0) is 11.2 Å². The van der Waals surface area contributed by atoms with Gasteiger partial charge in [-0.25, -0.2) is 0 Å². The zero-order valence-electron chi connectivity index (χ0n) is 9.14. The third kappa shape index (κ3) is 3.40. The Kier molecular flexibility index (Phi) is 4.54.